The van der Waals surface area contributed by atoms with Crippen molar-refractivity contribution in [2.45, 2.75) is 13.1 Å². The number of pyridine rings is 1. The van der Waals surface area contributed by atoms with Crippen LogP contribution in [0, 0.1) is 0 Å². The Labute approximate surface area is 82.4 Å². The zero-order valence-electron chi connectivity index (χ0n) is 7.80. The van der Waals surface area contributed by atoms with Crippen LogP contribution in [0.1, 0.15) is 11.3 Å². The molecule has 2 N–H and O–H groups in total. The van der Waals surface area contributed by atoms with Gasteiger partial charge in [0.15, 0.2) is 0 Å². The Morgan fingerprint density at radius 3 is 2.93 bits per heavy atom. The molecular formula is C10H12N4. The third kappa shape index (κ3) is 1.80. The van der Waals surface area contributed by atoms with Gasteiger partial charge in [0.1, 0.15) is 0 Å². The molecule has 0 saturated heterocycles. The van der Waals surface area contributed by atoms with E-state index in [9.17, 15) is 0 Å². The number of rotatable bonds is 3. The van der Waals surface area contributed by atoms with Crippen molar-refractivity contribution < 1.29 is 0 Å². The molecule has 2 aromatic rings. The van der Waals surface area contributed by atoms with Crippen LogP contribution in [-0.2, 0) is 13.1 Å². The molecule has 0 atom stereocenters. The summed E-state index contributed by atoms with van der Waals surface area (Å²) in [4.78, 5) is 8.11. The molecule has 0 spiro atoms. The molecule has 0 amide bonds. The first-order valence-electron chi connectivity index (χ1n) is 4.48. The van der Waals surface area contributed by atoms with Crippen LogP contribution in [0.15, 0.2) is 37.1 Å². The fraction of sp³-hybridized carbons (Fsp3) is 0.200. The summed E-state index contributed by atoms with van der Waals surface area (Å²) >= 11 is 0. The Hall–Kier alpha value is -1.68. The number of hydrogen-bond donors (Lipinski definition) is 1. The first-order valence-corrected chi connectivity index (χ1v) is 4.48. The van der Waals surface area contributed by atoms with Gasteiger partial charge in [0.25, 0.3) is 0 Å². The van der Waals surface area contributed by atoms with Crippen molar-refractivity contribution in [1.82, 2.24) is 14.5 Å². The average molecular weight is 188 g/mol. The molecule has 4 heteroatoms. The van der Waals surface area contributed by atoms with E-state index < -0.39 is 0 Å². The minimum absolute atomic E-state index is 0.514. The summed E-state index contributed by atoms with van der Waals surface area (Å²) in [5, 5.41) is 0. The first-order chi connectivity index (χ1) is 6.90. The highest BCUT2D eigenvalue weighted by Crippen LogP contribution is 2.03. The van der Waals surface area contributed by atoms with Gasteiger partial charge < -0.3 is 10.3 Å². The van der Waals surface area contributed by atoms with E-state index in [0.29, 0.717) is 6.54 Å². The normalized spacial score (nSPS) is 10.4. The van der Waals surface area contributed by atoms with Gasteiger partial charge in [-0.3, -0.25) is 4.98 Å². The molecule has 4 nitrogen and oxygen atoms in total. The molecule has 0 fully saturated rings. The summed E-state index contributed by atoms with van der Waals surface area (Å²) < 4.78 is 2.02. The molecule has 2 aromatic heterocycles. The molecule has 0 bridgehead atoms. The highest BCUT2D eigenvalue weighted by atomic mass is 15.0. The van der Waals surface area contributed by atoms with E-state index in [0.717, 1.165) is 17.8 Å². The van der Waals surface area contributed by atoms with Crippen LogP contribution < -0.4 is 5.73 Å². The third-order valence-corrected chi connectivity index (χ3v) is 2.08. The molecule has 0 unspecified atom stereocenters. The van der Waals surface area contributed by atoms with Crippen molar-refractivity contribution in [1.29, 1.82) is 0 Å². The minimum Gasteiger partial charge on any atom is -0.329 e. The van der Waals surface area contributed by atoms with Crippen molar-refractivity contribution in [3.63, 3.8) is 0 Å². The smallest absolute Gasteiger partial charge is 0.0951 e. The van der Waals surface area contributed by atoms with Gasteiger partial charge in [-0.1, -0.05) is 6.07 Å². The standard InChI is InChI=1S/C10H12N4/c11-4-10-6-13-8-14(10)7-9-2-1-3-12-5-9/h1-3,5-6,8H,4,7,11H2. The summed E-state index contributed by atoms with van der Waals surface area (Å²) in [6, 6.07) is 3.96. The molecule has 0 aromatic carbocycles. The number of nitrogens with zero attached hydrogens (tertiary/aromatic N) is 3. The number of nitrogens with two attached hydrogens (primary N) is 1. The summed E-state index contributed by atoms with van der Waals surface area (Å²) in [6.07, 6.45) is 7.19. The quantitative estimate of drug-likeness (QED) is 0.774. The summed E-state index contributed by atoms with van der Waals surface area (Å²) in [7, 11) is 0. The number of imidazole rings is 1. The Morgan fingerprint density at radius 2 is 2.21 bits per heavy atom. The Bertz CT molecular complexity index is 394. The zero-order chi connectivity index (χ0) is 9.80. The Morgan fingerprint density at radius 1 is 1.29 bits per heavy atom. The predicted molar refractivity (Wildman–Crippen MR) is 53.5 cm³/mol. The fourth-order valence-corrected chi connectivity index (χ4v) is 1.35. The molecule has 0 radical (unpaired) electrons. The van der Waals surface area contributed by atoms with Crippen LogP contribution in [0.5, 0.6) is 0 Å². The highest BCUT2D eigenvalue weighted by molar-refractivity contribution is 5.11. The van der Waals surface area contributed by atoms with E-state index in [2.05, 4.69) is 9.97 Å². The topological polar surface area (TPSA) is 56.7 Å². The van der Waals surface area contributed by atoms with Crippen LogP contribution >= 0.6 is 0 Å². The Kier molecular flexibility index (Phi) is 2.55. The van der Waals surface area contributed by atoms with Gasteiger partial charge in [-0.2, -0.15) is 0 Å². The summed E-state index contributed by atoms with van der Waals surface area (Å²) in [6.45, 7) is 1.29. The van der Waals surface area contributed by atoms with Gasteiger partial charge in [-0.25, -0.2) is 4.98 Å². The zero-order valence-corrected chi connectivity index (χ0v) is 7.80. The van der Waals surface area contributed by atoms with Gasteiger partial charge in [0.2, 0.25) is 0 Å². The molecule has 0 aliphatic heterocycles. The largest absolute Gasteiger partial charge is 0.329 e. The predicted octanol–water partition coefficient (Wildman–Crippen LogP) is 0.785. The minimum atomic E-state index is 0.514. The van der Waals surface area contributed by atoms with Crippen molar-refractivity contribution in [3.05, 3.63) is 48.3 Å². The third-order valence-electron chi connectivity index (χ3n) is 2.08. The average Bonchev–Trinajstić information content (AvgIpc) is 2.67. The van der Waals surface area contributed by atoms with Crippen molar-refractivity contribution in [2.75, 3.05) is 0 Å². The van der Waals surface area contributed by atoms with Crippen LogP contribution in [0.3, 0.4) is 0 Å². The maximum atomic E-state index is 5.57. The van der Waals surface area contributed by atoms with Crippen LogP contribution in [0.4, 0.5) is 0 Å². The lowest BCUT2D eigenvalue weighted by Gasteiger charge is -2.05. The van der Waals surface area contributed by atoms with E-state index in [1.165, 1.54) is 0 Å². The molecule has 0 aliphatic carbocycles. The second kappa shape index (κ2) is 4.02. The molecule has 0 aliphatic rings. The number of hydrogen-bond acceptors (Lipinski definition) is 3. The molecule has 2 heterocycles. The molecule has 14 heavy (non-hydrogen) atoms. The van der Waals surface area contributed by atoms with E-state index in [4.69, 9.17) is 5.73 Å². The number of aromatic nitrogens is 3. The van der Waals surface area contributed by atoms with E-state index in [1.54, 1.807) is 18.7 Å². The van der Waals surface area contributed by atoms with Crippen molar-refractivity contribution >= 4 is 0 Å². The van der Waals surface area contributed by atoms with Crippen LogP contribution in [-0.4, -0.2) is 14.5 Å². The second-order valence-corrected chi connectivity index (χ2v) is 3.08. The Balaban J connectivity index is 2.19. The SMILES string of the molecule is NCc1cncn1Cc1cccnc1. The first kappa shape index (κ1) is 8.90. The lowest BCUT2D eigenvalue weighted by Crippen LogP contribution is -2.07. The van der Waals surface area contributed by atoms with E-state index in [-0.39, 0.29) is 0 Å². The maximum Gasteiger partial charge on any atom is 0.0951 e. The second-order valence-electron chi connectivity index (χ2n) is 3.08. The highest BCUT2D eigenvalue weighted by Gasteiger charge is 2.00. The van der Waals surface area contributed by atoms with Gasteiger partial charge in [0, 0.05) is 25.1 Å². The van der Waals surface area contributed by atoms with Crippen LogP contribution in [0.25, 0.3) is 0 Å². The van der Waals surface area contributed by atoms with Crippen LogP contribution in [0.2, 0.25) is 0 Å². The van der Waals surface area contributed by atoms with E-state index in [1.807, 2.05) is 22.9 Å². The lowest BCUT2D eigenvalue weighted by molar-refractivity contribution is 0.737. The fourth-order valence-electron chi connectivity index (χ4n) is 1.35. The molecule has 72 valence electrons. The van der Waals surface area contributed by atoms with E-state index >= 15 is 0 Å². The maximum absolute atomic E-state index is 5.57. The van der Waals surface area contributed by atoms with Gasteiger partial charge >= 0.3 is 0 Å². The van der Waals surface area contributed by atoms with Crippen molar-refractivity contribution in [2.24, 2.45) is 5.73 Å². The molecule has 2 rings (SSSR count). The van der Waals surface area contributed by atoms with Gasteiger partial charge in [0.05, 0.1) is 18.6 Å². The summed E-state index contributed by atoms with van der Waals surface area (Å²) in [5.74, 6) is 0. The summed E-state index contributed by atoms with van der Waals surface area (Å²) in [5.41, 5.74) is 7.76. The van der Waals surface area contributed by atoms with Crippen molar-refractivity contribution in [3.8, 4) is 0 Å². The molecular weight excluding hydrogens is 176 g/mol. The molecule has 0 saturated carbocycles. The van der Waals surface area contributed by atoms with Gasteiger partial charge in [-0.05, 0) is 11.6 Å². The monoisotopic (exact) mass is 188 g/mol. The van der Waals surface area contributed by atoms with Gasteiger partial charge in [-0.15, -0.1) is 0 Å². The lowest BCUT2D eigenvalue weighted by atomic mass is 10.3.